The molecule has 3 rings (SSSR count). The minimum atomic E-state index is -0.613. The topological polar surface area (TPSA) is 98.1 Å². The standard InChI is InChI=1S/C25H28N2O6/c1-3-30-22-14-18(16-26)8-10-21(22)33-25(29)19-9-11-20(23(15-19)31-4-2)32-17-24(28)27-12-6-5-7-13-27/h8-11,14-15H,3-7,12-13,17H2,1-2H3. The average Bonchev–Trinajstić information content (AvgIpc) is 2.84. The summed E-state index contributed by atoms with van der Waals surface area (Å²) < 4.78 is 22.3. The van der Waals surface area contributed by atoms with Gasteiger partial charge < -0.3 is 23.8 Å². The zero-order valence-corrected chi connectivity index (χ0v) is 19.0. The molecular weight excluding hydrogens is 424 g/mol. The highest BCUT2D eigenvalue weighted by molar-refractivity contribution is 5.92. The lowest BCUT2D eigenvalue weighted by Crippen LogP contribution is -2.38. The van der Waals surface area contributed by atoms with Gasteiger partial charge in [-0.05, 0) is 63.4 Å². The van der Waals surface area contributed by atoms with Gasteiger partial charge in [0.1, 0.15) is 0 Å². The van der Waals surface area contributed by atoms with Crippen LogP contribution in [0.5, 0.6) is 23.0 Å². The van der Waals surface area contributed by atoms with Crippen LogP contribution in [0.15, 0.2) is 36.4 Å². The van der Waals surface area contributed by atoms with E-state index >= 15 is 0 Å². The van der Waals surface area contributed by atoms with Crippen molar-refractivity contribution < 1.29 is 28.5 Å². The molecule has 0 spiro atoms. The van der Waals surface area contributed by atoms with Gasteiger partial charge in [-0.15, -0.1) is 0 Å². The number of nitriles is 1. The molecule has 0 N–H and O–H groups in total. The van der Waals surface area contributed by atoms with Crippen LogP contribution < -0.4 is 18.9 Å². The zero-order valence-electron chi connectivity index (χ0n) is 19.0. The first-order valence-electron chi connectivity index (χ1n) is 11.1. The molecule has 0 radical (unpaired) electrons. The van der Waals surface area contributed by atoms with Crippen LogP contribution in [0.4, 0.5) is 0 Å². The van der Waals surface area contributed by atoms with E-state index in [1.54, 1.807) is 25.1 Å². The molecule has 1 saturated heterocycles. The summed E-state index contributed by atoms with van der Waals surface area (Å²) in [6.45, 7) is 5.75. The number of carbonyl (C=O) groups is 2. The number of nitrogens with zero attached hydrogens (tertiary/aromatic N) is 2. The summed E-state index contributed by atoms with van der Waals surface area (Å²) in [5.41, 5.74) is 0.650. The number of ether oxygens (including phenoxy) is 4. The van der Waals surface area contributed by atoms with E-state index in [0.717, 1.165) is 32.4 Å². The predicted molar refractivity (Wildman–Crippen MR) is 121 cm³/mol. The van der Waals surface area contributed by atoms with Gasteiger partial charge in [-0.1, -0.05) is 0 Å². The molecule has 0 unspecified atom stereocenters. The van der Waals surface area contributed by atoms with Crippen LogP contribution in [-0.2, 0) is 4.79 Å². The first-order chi connectivity index (χ1) is 16.0. The molecule has 174 valence electrons. The van der Waals surface area contributed by atoms with Gasteiger partial charge >= 0.3 is 5.97 Å². The van der Waals surface area contributed by atoms with E-state index in [2.05, 4.69) is 0 Å². The third-order valence-corrected chi connectivity index (χ3v) is 5.11. The fourth-order valence-corrected chi connectivity index (χ4v) is 3.49. The van der Waals surface area contributed by atoms with Gasteiger partial charge in [0.05, 0.1) is 30.4 Å². The maximum absolute atomic E-state index is 12.8. The highest BCUT2D eigenvalue weighted by Crippen LogP contribution is 2.32. The number of rotatable bonds is 9. The Hall–Kier alpha value is -3.73. The van der Waals surface area contributed by atoms with Crippen LogP contribution in [0.25, 0.3) is 0 Å². The second-order valence-corrected chi connectivity index (χ2v) is 7.42. The number of esters is 1. The Morgan fingerprint density at radius 1 is 0.879 bits per heavy atom. The molecule has 8 heteroatoms. The molecule has 1 fully saturated rings. The molecule has 0 aromatic heterocycles. The van der Waals surface area contributed by atoms with Gasteiger partial charge in [0.25, 0.3) is 5.91 Å². The molecule has 1 aliphatic rings. The third-order valence-electron chi connectivity index (χ3n) is 5.11. The van der Waals surface area contributed by atoms with Crippen LogP contribution in [0.1, 0.15) is 49.0 Å². The van der Waals surface area contributed by atoms with E-state index in [4.69, 9.17) is 24.2 Å². The summed E-state index contributed by atoms with van der Waals surface area (Å²) in [4.78, 5) is 27.0. The molecule has 8 nitrogen and oxygen atoms in total. The van der Waals surface area contributed by atoms with Gasteiger partial charge in [0.2, 0.25) is 0 Å². The molecule has 0 atom stereocenters. The molecule has 1 aliphatic heterocycles. The second kappa shape index (κ2) is 11.8. The molecule has 2 aromatic carbocycles. The smallest absolute Gasteiger partial charge is 0.343 e. The van der Waals surface area contributed by atoms with Crippen molar-refractivity contribution in [3.8, 4) is 29.1 Å². The molecule has 2 aromatic rings. The van der Waals surface area contributed by atoms with Crippen LogP contribution in [0, 0.1) is 11.3 Å². The molecule has 33 heavy (non-hydrogen) atoms. The van der Waals surface area contributed by atoms with Gasteiger partial charge in [-0.2, -0.15) is 5.26 Å². The molecule has 0 bridgehead atoms. The normalized spacial score (nSPS) is 13.1. The van der Waals surface area contributed by atoms with E-state index in [0.29, 0.717) is 36.0 Å². The Labute approximate surface area is 193 Å². The fourth-order valence-electron chi connectivity index (χ4n) is 3.49. The fraction of sp³-hybridized carbons (Fsp3) is 0.400. The lowest BCUT2D eigenvalue weighted by atomic mass is 10.1. The quantitative estimate of drug-likeness (QED) is 0.419. The van der Waals surface area contributed by atoms with Gasteiger partial charge in [-0.3, -0.25) is 4.79 Å². The number of carbonyl (C=O) groups excluding carboxylic acids is 2. The molecule has 0 saturated carbocycles. The molecule has 1 amide bonds. The van der Waals surface area contributed by atoms with Crippen molar-refractivity contribution in [3.63, 3.8) is 0 Å². The third kappa shape index (κ3) is 6.39. The summed E-state index contributed by atoms with van der Waals surface area (Å²) in [7, 11) is 0. The molecular formula is C25H28N2O6. The predicted octanol–water partition coefficient (Wildman–Crippen LogP) is 3.97. The maximum atomic E-state index is 12.8. The minimum Gasteiger partial charge on any atom is -0.490 e. The summed E-state index contributed by atoms with van der Waals surface area (Å²) in [5.74, 6) is 0.579. The van der Waals surface area contributed by atoms with Crippen LogP contribution in [0.2, 0.25) is 0 Å². The summed E-state index contributed by atoms with van der Waals surface area (Å²) in [6, 6.07) is 11.3. The second-order valence-electron chi connectivity index (χ2n) is 7.42. The number of likely N-dealkylation sites (tertiary alicyclic amines) is 1. The first-order valence-corrected chi connectivity index (χ1v) is 11.1. The van der Waals surface area contributed by atoms with E-state index in [9.17, 15) is 9.59 Å². The van der Waals surface area contributed by atoms with Crippen molar-refractivity contribution in [1.82, 2.24) is 4.90 Å². The SMILES string of the molecule is CCOc1cc(C(=O)Oc2ccc(C#N)cc2OCC)ccc1OCC(=O)N1CCCCC1. The lowest BCUT2D eigenvalue weighted by Gasteiger charge is -2.26. The van der Waals surface area contributed by atoms with E-state index in [-0.39, 0.29) is 23.8 Å². The molecule has 1 heterocycles. The van der Waals surface area contributed by atoms with Crippen molar-refractivity contribution in [1.29, 1.82) is 5.26 Å². The highest BCUT2D eigenvalue weighted by atomic mass is 16.6. The highest BCUT2D eigenvalue weighted by Gasteiger charge is 2.19. The number of amides is 1. The first kappa shape index (κ1) is 23.9. The Bertz CT molecular complexity index is 1020. The minimum absolute atomic E-state index is 0.0649. The van der Waals surface area contributed by atoms with Crippen molar-refractivity contribution in [2.24, 2.45) is 0 Å². The summed E-state index contributed by atoms with van der Waals surface area (Å²) in [5, 5.41) is 9.08. The Balaban J connectivity index is 1.72. The Kier molecular flexibility index (Phi) is 8.53. The molecule has 0 aliphatic carbocycles. The average molecular weight is 453 g/mol. The number of piperidine rings is 1. The van der Waals surface area contributed by atoms with Crippen molar-refractivity contribution >= 4 is 11.9 Å². The van der Waals surface area contributed by atoms with Gasteiger partial charge in [0.15, 0.2) is 29.6 Å². The lowest BCUT2D eigenvalue weighted by molar-refractivity contribution is -0.134. The van der Waals surface area contributed by atoms with Crippen LogP contribution in [-0.4, -0.2) is 49.7 Å². The summed E-state index contributed by atoms with van der Waals surface area (Å²) >= 11 is 0. The Morgan fingerprint density at radius 3 is 2.21 bits per heavy atom. The van der Waals surface area contributed by atoms with Gasteiger partial charge in [0, 0.05) is 19.2 Å². The zero-order chi connectivity index (χ0) is 23.6. The van der Waals surface area contributed by atoms with Crippen LogP contribution in [0.3, 0.4) is 0 Å². The van der Waals surface area contributed by atoms with Crippen LogP contribution >= 0.6 is 0 Å². The number of hydrogen-bond acceptors (Lipinski definition) is 7. The van der Waals surface area contributed by atoms with Crippen molar-refractivity contribution in [2.75, 3.05) is 32.9 Å². The number of hydrogen-bond donors (Lipinski definition) is 0. The Morgan fingerprint density at radius 2 is 1.55 bits per heavy atom. The monoisotopic (exact) mass is 452 g/mol. The van der Waals surface area contributed by atoms with Crippen molar-refractivity contribution in [2.45, 2.75) is 33.1 Å². The maximum Gasteiger partial charge on any atom is 0.343 e. The van der Waals surface area contributed by atoms with Gasteiger partial charge in [-0.25, -0.2) is 4.79 Å². The number of benzene rings is 2. The van der Waals surface area contributed by atoms with E-state index < -0.39 is 5.97 Å². The van der Waals surface area contributed by atoms with E-state index in [1.807, 2.05) is 17.9 Å². The largest absolute Gasteiger partial charge is 0.490 e. The van der Waals surface area contributed by atoms with Crippen molar-refractivity contribution in [3.05, 3.63) is 47.5 Å². The van der Waals surface area contributed by atoms with E-state index in [1.165, 1.54) is 18.2 Å². The summed E-state index contributed by atoms with van der Waals surface area (Å²) in [6.07, 6.45) is 3.17.